The highest BCUT2D eigenvalue weighted by molar-refractivity contribution is 6.09. The number of aromatic nitrogens is 2. The minimum absolute atomic E-state index is 0.0373. The van der Waals surface area contributed by atoms with Crippen molar-refractivity contribution in [1.82, 2.24) is 9.97 Å². The highest BCUT2D eigenvalue weighted by atomic mass is 16.2. The van der Waals surface area contributed by atoms with Crippen LogP contribution >= 0.6 is 0 Å². The van der Waals surface area contributed by atoms with Crippen molar-refractivity contribution in [2.45, 2.75) is 20.3 Å². The summed E-state index contributed by atoms with van der Waals surface area (Å²) in [6.07, 6.45) is 7.71. The maximum absolute atomic E-state index is 12.8. The van der Waals surface area contributed by atoms with E-state index in [9.17, 15) is 4.79 Å². The van der Waals surface area contributed by atoms with E-state index in [2.05, 4.69) is 22.2 Å². The minimum atomic E-state index is -0.0373. The van der Waals surface area contributed by atoms with Crippen molar-refractivity contribution in [1.29, 1.82) is 0 Å². The van der Waals surface area contributed by atoms with Crippen molar-refractivity contribution in [2.24, 2.45) is 0 Å². The van der Waals surface area contributed by atoms with Gasteiger partial charge < -0.3 is 10.2 Å². The largest absolute Gasteiger partial charge is 0.383 e. The molecule has 0 aromatic carbocycles. The van der Waals surface area contributed by atoms with Crippen LogP contribution in [0.3, 0.4) is 0 Å². The Morgan fingerprint density at radius 1 is 1.14 bits per heavy atom. The highest BCUT2D eigenvalue weighted by Gasteiger charge is 2.19. The Labute approximate surface area is 125 Å². The van der Waals surface area contributed by atoms with Crippen molar-refractivity contribution in [3.8, 4) is 0 Å². The first-order valence-electron chi connectivity index (χ1n) is 7.17. The third-order valence-electron chi connectivity index (χ3n) is 3.15. The van der Waals surface area contributed by atoms with Gasteiger partial charge in [-0.3, -0.25) is 14.8 Å². The molecule has 0 radical (unpaired) electrons. The standard InChI is InChI=1S/C16H20N4O/c1-3-8-19-15-12-18-11-7-14(15)16(21)20(4-2)13-5-9-17-10-6-13/h5-7,9-12,19H,3-4,8H2,1-2H3. The molecule has 0 fully saturated rings. The molecule has 0 aliphatic heterocycles. The smallest absolute Gasteiger partial charge is 0.260 e. The van der Waals surface area contributed by atoms with E-state index in [4.69, 9.17) is 0 Å². The molecule has 2 heterocycles. The van der Waals surface area contributed by atoms with Crippen molar-refractivity contribution in [3.63, 3.8) is 0 Å². The van der Waals surface area contributed by atoms with Gasteiger partial charge >= 0.3 is 0 Å². The fourth-order valence-corrected chi connectivity index (χ4v) is 2.09. The molecule has 1 N–H and O–H groups in total. The van der Waals surface area contributed by atoms with E-state index >= 15 is 0 Å². The number of carbonyl (C=O) groups is 1. The van der Waals surface area contributed by atoms with Gasteiger partial charge in [0.05, 0.1) is 17.4 Å². The Hall–Kier alpha value is -2.43. The van der Waals surface area contributed by atoms with Crippen LogP contribution in [0.25, 0.3) is 0 Å². The van der Waals surface area contributed by atoms with Crippen LogP contribution in [0.2, 0.25) is 0 Å². The second kappa shape index (κ2) is 7.38. The summed E-state index contributed by atoms with van der Waals surface area (Å²) in [5.41, 5.74) is 2.25. The molecule has 5 nitrogen and oxygen atoms in total. The van der Waals surface area contributed by atoms with Crippen molar-refractivity contribution < 1.29 is 4.79 Å². The summed E-state index contributed by atoms with van der Waals surface area (Å²) in [4.78, 5) is 22.6. The van der Waals surface area contributed by atoms with Crippen LogP contribution in [0.1, 0.15) is 30.6 Å². The van der Waals surface area contributed by atoms with Crippen molar-refractivity contribution in [3.05, 3.63) is 48.5 Å². The summed E-state index contributed by atoms with van der Waals surface area (Å²) in [6.45, 7) is 5.45. The molecule has 0 aliphatic carbocycles. The zero-order valence-electron chi connectivity index (χ0n) is 12.4. The maximum Gasteiger partial charge on any atom is 0.260 e. The zero-order valence-corrected chi connectivity index (χ0v) is 12.4. The van der Waals surface area contributed by atoms with E-state index in [0.717, 1.165) is 24.3 Å². The third-order valence-corrected chi connectivity index (χ3v) is 3.15. The summed E-state index contributed by atoms with van der Waals surface area (Å²) >= 11 is 0. The van der Waals surface area contributed by atoms with E-state index in [-0.39, 0.29) is 5.91 Å². The quantitative estimate of drug-likeness (QED) is 0.886. The van der Waals surface area contributed by atoms with E-state index in [0.29, 0.717) is 12.1 Å². The normalized spacial score (nSPS) is 10.2. The van der Waals surface area contributed by atoms with Gasteiger partial charge in [-0.2, -0.15) is 0 Å². The molecule has 2 aromatic heterocycles. The first-order valence-corrected chi connectivity index (χ1v) is 7.17. The van der Waals surface area contributed by atoms with E-state index in [1.807, 2.05) is 19.1 Å². The molecule has 0 bridgehead atoms. The minimum Gasteiger partial charge on any atom is -0.383 e. The number of nitrogens with one attached hydrogen (secondary N) is 1. The van der Waals surface area contributed by atoms with Gasteiger partial charge in [-0.1, -0.05) is 6.92 Å². The molecule has 0 aliphatic rings. The predicted molar refractivity (Wildman–Crippen MR) is 84.6 cm³/mol. The Kier molecular flexibility index (Phi) is 5.26. The summed E-state index contributed by atoms with van der Waals surface area (Å²) in [5.74, 6) is -0.0373. The molecule has 5 heteroatoms. The van der Waals surface area contributed by atoms with Gasteiger partial charge in [0.1, 0.15) is 0 Å². The fraction of sp³-hybridized carbons (Fsp3) is 0.312. The average molecular weight is 284 g/mol. The number of nitrogens with zero attached hydrogens (tertiary/aromatic N) is 3. The zero-order chi connectivity index (χ0) is 15.1. The summed E-state index contributed by atoms with van der Waals surface area (Å²) in [5, 5.41) is 3.25. The fourth-order valence-electron chi connectivity index (χ4n) is 2.09. The second-order valence-electron chi connectivity index (χ2n) is 4.60. The van der Waals surface area contributed by atoms with E-state index < -0.39 is 0 Å². The lowest BCUT2D eigenvalue weighted by Crippen LogP contribution is -2.31. The lowest BCUT2D eigenvalue weighted by Gasteiger charge is -2.22. The SMILES string of the molecule is CCCNc1cnccc1C(=O)N(CC)c1ccncc1. The molecule has 1 amide bonds. The number of hydrogen-bond acceptors (Lipinski definition) is 4. The molecule has 2 rings (SSSR count). The van der Waals surface area contributed by atoms with Crippen LogP contribution in [0.15, 0.2) is 43.0 Å². The van der Waals surface area contributed by atoms with Gasteiger partial charge in [-0.15, -0.1) is 0 Å². The first-order chi connectivity index (χ1) is 10.3. The van der Waals surface area contributed by atoms with Crippen LogP contribution in [-0.4, -0.2) is 29.0 Å². The lowest BCUT2D eigenvalue weighted by molar-refractivity contribution is 0.0989. The Morgan fingerprint density at radius 3 is 2.52 bits per heavy atom. The number of pyridine rings is 2. The van der Waals surface area contributed by atoms with Gasteiger partial charge in [0, 0.05) is 37.4 Å². The van der Waals surface area contributed by atoms with Crippen molar-refractivity contribution in [2.75, 3.05) is 23.3 Å². The van der Waals surface area contributed by atoms with E-state index in [1.54, 1.807) is 35.8 Å². The molecule has 21 heavy (non-hydrogen) atoms. The highest BCUT2D eigenvalue weighted by Crippen LogP contribution is 2.20. The summed E-state index contributed by atoms with van der Waals surface area (Å²) in [6, 6.07) is 5.42. The predicted octanol–water partition coefficient (Wildman–Crippen LogP) is 2.97. The van der Waals surface area contributed by atoms with Crippen LogP contribution in [0, 0.1) is 0 Å². The molecule has 110 valence electrons. The van der Waals surface area contributed by atoms with Crippen molar-refractivity contribution >= 4 is 17.3 Å². The Bertz CT molecular complexity index is 586. The number of carbonyl (C=O) groups excluding carboxylic acids is 1. The second-order valence-corrected chi connectivity index (χ2v) is 4.60. The summed E-state index contributed by atoms with van der Waals surface area (Å²) in [7, 11) is 0. The van der Waals surface area contributed by atoms with Crippen LogP contribution in [-0.2, 0) is 0 Å². The molecule has 0 saturated heterocycles. The lowest BCUT2D eigenvalue weighted by atomic mass is 10.2. The molecular formula is C16H20N4O. The van der Waals surface area contributed by atoms with Gasteiger partial charge in [0.15, 0.2) is 0 Å². The van der Waals surface area contributed by atoms with Gasteiger partial charge in [0.25, 0.3) is 5.91 Å². The number of hydrogen-bond donors (Lipinski definition) is 1. The molecule has 0 spiro atoms. The van der Waals surface area contributed by atoms with Crippen LogP contribution < -0.4 is 10.2 Å². The van der Waals surface area contributed by atoms with Gasteiger partial charge in [-0.25, -0.2) is 0 Å². The Morgan fingerprint density at radius 2 is 1.86 bits per heavy atom. The number of anilines is 2. The number of rotatable bonds is 6. The molecular weight excluding hydrogens is 264 g/mol. The Balaban J connectivity index is 2.30. The van der Waals surface area contributed by atoms with Gasteiger partial charge in [0.2, 0.25) is 0 Å². The molecule has 0 atom stereocenters. The average Bonchev–Trinajstić information content (AvgIpc) is 2.55. The van der Waals surface area contributed by atoms with Crippen LogP contribution in [0.5, 0.6) is 0 Å². The molecule has 0 saturated carbocycles. The molecule has 2 aromatic rings. The van der Waals surface area contributed by atoms with Crippen LogP contribution in [0.4, 0.5) is 11.4 Å². The molecule has 0 unspecified atom stereocenters. The first kappa shape index (κ1) is 15.0. The van der Waals surface area contributed by atoms with E-state index in [1.165, 1.54) is 0 Å². The number of amides is 1. The van der Waals surface area contributed by atoms with Gasteiger partial charge in [-0.05, 0) is 31.5 Å². The summed E-state index contributed by atoms with van der Waals surface area (Å²) < 4.78 is 0. The maximum atomic E-state index is 12.8. The third kappa shape index (κ3) is 3.56. The topological polar surface area (TPSA) is 58.1 Å². The monoisotopic (exact) mass is 284 g/mol.